The van der Waals surface area contributed by atoms with E-state index in [0.717, 1.165) is 24.3 Å². The molecule has 0 aliphatic carbocycles. The lowest BCUT2D eigenvalue weighted by molar-refractivity contribution is -0.392. The first-order valence-electron chi connectivity index (χ1n) is 5.65. The summed E-state index contributed by atoms with van der Waals surface area (Å²) in [6.07, 6.45) is -7.14. The standard InChI is InChI=1S/C12H5F11O/c13-7(8(14)24-6-4-2-1-3-5-6)9(15,16)10(17,18)11(19,20)12(21,22)23/h1-5H. The van der Waals surface area contributed by atoms with E-state index in [4.69, 9.17) is 0 Å². The molecule has 0 aliphatic heterocycles. The summed E-state index contributed by atoms with van der Waals surface area (Å²) in [5.41, 5.74) is 0. The Balaban J connectivity index is 3.28. The lowest BCUT2D eigenvalue weighted by atomic mass is 10.0. The van der Waals surface area contributed by atoms with Crippen LogP contribution in [0.2, 0.25) is 0 Å². The second-order valence-electron chi connectivity index (χ2n) is 4.22. The van der Waals surface area contributed by atoms with Crippen molar-refractivity contribution < 1.29 is 53.0 Å². The minimum atomic E-state index is -7.34. The van der Waals surface area contributed by atoms with Crippen molar-refractivity contribution in [3.05, 3.63) is 42.2 Å². The first-order valence-corrected chi connectivity index (χ1v) is 5.65. The molecule has 0 heterocycles. The molecule has 0 unspecified atom stereocenters. The zero-order valence-electron chi connectivity index (χ0n) is 11.0. The van der Waals surface area contributed by atoms with Crippen LogP contribution < -0.4 is 4.74 Å². The number of allylic oxidation sites excluding steroid dienone is 1. The van der Waals surface area contributed by atoms with Crippen molar-refractivity contribution >= 4 is 0 Å². The molecule has 0 radical (unpaired) electrons. The molecule has 1 aromatic carbocycles. The van der Waals surface area contributed by atoms with Crippen molar-refractivity contribution in [3.8, 4) is 5.75 Å². The highest BCUT2D eigenvalue weighted by molar-refractivity contribution is 5.24. The fraction of sp³-hybridized carbons (Fsp3) is 0.333. The van der Waals surface area contributed by atoms with Crippen LogP contribution in [0.25, 0.3) is 0 Å². The van der Waals surface area contributed by atoms with Gasteiger partial charge in [-0.15, -0.1) is 0 Å². The van der Waals surface area contributed by atoms with Crippen LogP contribution in [0.4, 0.5) is 48.3 Å². The highest BCUT2D eigenvalue weighted by atomic mass is 19.4. The van der Waals surface area contributed by atoms with E-state index in [-0.39, 0.29) is 0 Å². The van der Waals surface area contributed by atoms with Gasteiger partial charge in [0.05, 0.1) is 0 Å². The molecule has 1 rings (SSSR count). The monoisotopic (exact) mass is 374 g/mol. The van der Waals surface area contributed by atoms with E-state index in [0.29, 0.717) is 0 Å². The van der Waals surface area contributed by atoms with Crippen LogP contribution in [-0.2, 0) is 0 Å². The molecule has 0 bridgehead atoms. The Bertz CT molecular complexity index is 603. The van der Waals surface area contributed by atoms with E-state index < -0.39 is 41.5 Å². The number of hydrogen-bond acceptors (Lipinski definition) is 1. The van der Waals surface area contributed by atoms with Gasteiger partial charge in [0.1, 0.15) is 5.75 Å². The summed E-state index contributed by atoms with van der Waals surface area (Å²) < 4.78 is 143. The Kier molecular flexibility index (Phi) is 5.12. The van der Waals surface area contributed by atoms with Gasteiger partial charge in [0.25, 0.3) is 0 Å². The van der Waals surface area contributed by atoms with Crippen LogP contribution in [0.1, 0.15) is 0 Å². The second kappa shape index (κ2) is 6.13. The first kappa shape index (κ1) is 20.0. The van der Waals surface area contributed by atoms with Gasteiger partial charge < -0.3 is 4.74 Å². The normalized spacial score (nSPS) is 15.1. The van der Waals surface area contributed by atoms with E-state index in [1.807, 2.05) is 0 Å². The third-order valence-electron chi connectivity index (χ3n) is 2.54. The van der Waals surface area contributed by atoms with E-state index in [1.165, 1.54) is 6.07 Å². The van der Waals surface area contributed by atoms with Gasteiger partial charge in [-0.05, 0) is 12.1 Å². The van der Waals surface area contributed by atoms with Gasteiger partial charge in [-0.2, -0.15) is 48.3 Å². The van der Waals surface area contributed by atoms with Crippen molar-refractivity contribution in [2.75, 3.05) is 0 Å². The maximum absolute atomic E-state index is 13.1. The van der Waals surface area contributed by atoms with Gasteiger partial charge in [-0.25, -0.2) is 0 Å². The zero-order valence-corrected chi connectivity index (χ0v) is 11.0. The molecule has 1 nitrogen and oxygen atoms in total. The van der Waals surface area contributed by atoms with Crippen LogP contribution in [0.3, 0.4) is 0 Å². The number of benzene rings is 1. The quantitative estimate of drug-likeness (QED) is 0.479. The predicted molar refractivity (Wildman–Crippen MR) is 57.2 cm³/mol. The van der Waals surface area contributed by atoms with Gasteiger partial charge in [0.2, 0.25) is 5.83 Å². The molecule has 0 N–H and O–H groups in total. The van der Waals surface area contributed by atoms with Crippen molar-refractivity contribution in [3.63, 3.8) is 0 Å². The van der Waals surface area contributed by atoms with E-state index in [2.05, 4.69) is 4.74 Å². The molecule has 0 amide bonds. The first-order chi connectivity index (χ1) is 10.7. The van der Waals surface area contributed by atoms with Crippen LogP contribution in [0.15, 0.2) is 42.2 Å². The lowest BCUT2D eigenvalue weighted by Gasteiger charge is -2.32. The molecule has 1 aromatic rings. The Morgan fingerprint density at radius 3 is 1.58 bits per heavy atom. The van der Waals surface area contributed by atoms with E-state index in [1.54, 1.807) is 0 Å². The summed E-state index contributed by atoms with van der Waals surface area (Å²) in [5.74, 6) is -26.1. The minimum Gasteiger partial charge on any atom is -0.430 e. The van der Waals surface area contributed by atoms with Crippen molar-refractivity contribution in [1.29, 1.82) is 0 Å². The molecule has 12 heteroatoms. The third-order valence-corrected chi connectivity index (χ3v) is 2.54. The van der Waals surface area contributed by atoms with Gasteiger partial charge in [-0.3, -0.25) is 0 Å². The number of halogens is 11. The molecule has 0 saturated heterocycles. The van der Waals surface area contributed by atoms with Crippen LogP contribution in [0.5, 0.6) is 5.75 Å². The highest BCUT2D eigenvalue weighted by Gasteiger charge is 2.83. The fourth-order valence-corrected chi connectivity index (χ4v) is 1.27. The summed E-state index contributed by atoms with van der Waals surface area (Å²) in [6.45, 7) is 0. The van der Waals surface area contributed by atoms with Crippen LogP contribution in [0, 0.1) is 0 Å². The SMILES string of the molecule is FC(Oc1ccccc1)=C(F)C(F)(F)C(F)(F)C(F)(F)C(F)(F)F. The Hall–Kier alpha value is -2.01. The smallest absolute Gasteiger partial charge is 0.430 e. The van der Waals surface area contributed by atoms with Gasteiger partial charge >= 0.3 is 30.0 Å². The summed E-state index contributed by atoms with van der Waals surface area (Å²) >= 11 is 0. The average molecular weight is 374 g/mol. The Morgan fingerprint density at radius 2 is 1.17 bits per heavy atom. The second-order valence-corrected chi connectivity index (χ2v) is 4.22. The molecular formula is C12H5F11O. The highest BCUT2D eigenvalue weighted by Crippen LogP contribution is 2.55. The largest absolute Gasteiger partial charge is 0.460 e. The summed E-state index contributed by atoms with van der Waals surface area (Å²) in [4.78, 5) is 0. The average Bonchev–Trinajstić information content (AvgIpc) is 2.45. The topological polar surface area (TPSA) is 9.23 Å². The van der Waals surface area contributed by atoms with Gasteiger partial charge in [0.15, 0.2) is 0 Å². The molecule has 0 fully saturated rings. The maximum Gasteiger partial charge on any atom is 0.460 e. The molecule has 0 spiro atoms. The number of ether oxygens (including phenoxy) is 1. The van der Waals surface area contributed by atoms with Gasteiger partial charge in [-0.1, -0.05) is 18.2 Å². The van der Waals surface area contributed by atoms with E-state index >= 15 is 0 Å². The third kappa shape index (κ3) is 3.26. The Morgan fingerprint density at radius 1 is 0.708 bits per heavy atom. The summed E-state index contributed by atoms with van der Waals surface area (Å²) in [5, 5.41) is 0. The summed E-state index contributed by atoms with van der Waals surface area (Å²) in [6, 6.07) is 2.12. The van der Waals surface area contributed by atoms with Crippen molar-refractivity contribution in [1.82, 2.24) is 0 Å². The van der Waals surface area contributed by atoms with Gasteiger partial charge in [0, 0.05) is 0 Å². The molecular weight excluding hydrogens is 369 g/mol. The van der Waals surface area contributed by atoms with E-state index in [9.17, 15) is 48.3 Å². The molecule has 136 valence electrons. The van der Waals surface area contributed by atoms with Crippen molar-refractivity contribution in [2.24, 2.45) is 0 Å². The number of alkyl halides is 9. The van der Waals surface area contributed by atoms with Crippen LogP contribution >= 0.6 is 0 Å². The molecule has 24 heavy (non-hydrogen) atoms. The molecule has 0 atom stereocenters. The zero-order chi connectivity index (χ0) is 19.0. The molecule has 0 aromatic heterocycles. The maximum atomic E-state index is 13.1. The number of rotatable bonds is 5. The van der Waals surface area contributed by atoms with Crippen LogP contribution in [-0.4, -0.2) is 23.9 Å². The molecule has 0 saturated carbocycles. The number of para-hydroxylation sites is 1. The summed E-state index contributed by atoms with van der Waals surface area (Å²) in [7, 11) is 0. The Labute approximate surface area is 126 Å². The number of hydrogen-bond donors (Lipinski definition) is 0. The van der Waals surface area contributed by atoms with Crippen molar-refractivity contribution in [2.45, 2.75) is 23.9 Å². The lowest BCUT2D eigenvalue weighted by Crippen LogP contribution is -2.61. The predicted octanol–water partition coefficient (Wildman–Crippen LogP) is 5.64. The fourth-order valence-electron chi connectivity index (χ4n) is 1.27. The molecule has 0 aliphatic rings. The minimum absolute atomic E-state index is 0.702.